The minimum Gasteiger partial charge on any atom is -0.316 e. The molecule has 0 aromatic carbocycles. The zero-order valence-electron chi connectivity index (χ0n) is 12.7. The van der Waals surface area contributed by atoms with Crippen molar-refractivity contribution in [3.63, 3.8) is 0 Å². The van der Waals surface area contributed by atoms with Crippen LogP contribution in [0.25, 0.3) is 0 Å². The van der Waals surface area contributed by atoms with E-state index in [1.165, 1.54) is 52.2 Å². The van der Waals surface area contributed by atoms with Gasteiger partial charge in [-0.3, -0.25) is 9.80 Å². The van der Waals surface area contributed by atoms with Crippen molar-refractivity contribution < 1.29 is 0 Å². The second kappa shape index (κ2) is 5.89. The number of nitrogens with zero attached hydrogens (tertiary/aromatic N) is 2. The summed E-state index contributed by atoms with van der Waals surface area (Å²) in [5.41, 5.74) is 0.522. The fourth-order valence-electron chi connectivity index (χ4n) is 3.70. The average molecular weight is 253 g/mol. The van der Waals surface area contributed by atoms with Gasteiger partial charge in [0.05, 0.1) is 0 Å². The predicted molar refractivity (Wildman–Crippen MR) is 77.9 cm³/mol. The summed E-state index contributed by atoms with van der Waals surface area (Å²) in [5, 5.41) is 3.58. The highest BCUT2D eigenvalue weighted by Crippen LogP contribution is 2.35. The van der Waals surface area contributed by atoms with Crippen molar-refractivity contribution in [3.05, 3.63) is 0 Å². The fraction of sp³-hybridized carbons (Fsp3) is 1.00. The lowest BCUT2D eigenvalue weighted by Crippen LogP contribution is -2.55. The quantitative estimate of drug-likeness (QED) is 0.822. The molecule has 2 atom stereocenters. The largest absolute Gasteiger partial charge is 0.316 e. The Kier molecular flexibility index (Phi) is 4.68. The SMILES string of the molecule is CCN1CCN(CC2(C(C)C)CCNC2)CC1C. The molecule has 2 saturated heterocycles. The van der Waals surface area contributed by atoms with Crippen LogP contribution in [0.3, 0.4) is 0 Å². The first-order chi connectivity index (χ1) is 8.57. The molecule has 0 saturated carbocycles. The number of piperazine rings is 1. The van der Waals surface area contributed by atoms with Gasteiger partial charge in [-0.25, -0.2) is 0 Å². The Balaban J connectivity index is 1.93. The van der Waals surface area contributed by atoms with Crippen molar-refractivity contribution in [2.75, 3.05) is 45.8 Å². The van der Waals surface area contributed by atoms with Gasteiger partial charge in [-0.05, 0) is 37.8 Å². The second-order valence-electron chi connectivity index (χ2n) is 6.66. The van der Waals surface area contributed by atoms with Crippen LogP contribution < -0.4 is 5.32 Å². The number of rotatable bonds is 4. The predicted octanol–water partition coefficient (Wildman–Crippen LogP) is 1.65. The van der Waals surface area contributed by atoms with Crippen molar-refractivity contribution in [1.29, 1.82) is 0 Å². The van der Waals surface area contributed by atoms with Gasteiger partial charge in [0.15, 0.2) is 0 Å². The summed E-state index contributed by atoms with van der Waals surface area (Å²) in [5.74, 6) is 0.784. The zero-order valence-corrected chi connectivity index (χ0v) is 12.7. The van der Waals surface area contributed by atoms with Crippen LogP contribution in [0.1, 0.15) is 34.1 Å². The van der Waals surface area contributed by atoms with E-state index in [2.05, 4.69) is 42.8 Å². The van der Waals surface area contributed by atoms with E-state index >= 15 is 0 Å². The molecule has 0 aliphatic carbocycles. The molecule has 0 aromatic heterocycles. The molecule has 0 bridgehead atoms. The van der Waals surface area contributed by atoms with Gasteiger partial charge >= 0.3 is 0 Å². The van der Waals surface area contributed by atoms with E-state index in [9.17, 15) is 0 Å². The summed E-state index contributed by atoms with van der Waals surface area (Å²) in [6.07, 6.45) is 1.35. The Bertz CT molecular complexity index is 258. The van der Waals surface area contributed by atoms with E-state index in [1.54, 1.807) is 0 Å². The summed E-state index contributed by atoms with van der Waals surface area (Å²) < 4.78 is 0. The molecule has 0 radical (unpaired) electrons. The third-order valence-corrected chi connectivity index (χ3v) is 5.30. The van der Waals surface area contributed by atoms with Crippen LogP contribution in [0.5, 0.6) is 0 Å². The lowest BCUT2D eigenvalue weighted by Gasteiger charge is -2.44. The maximum Gasteiger partial charge on any atom is 0.0195 e. The number of likely N-dealkylation sites (N-methyl/N-ethyl adjacent to an activating group) is 1. The van der Waals surface area contributed by atoms with E-state index in [0.29, 0.717) is 5.41 Å². The smallest absolute Gasteiger partial charge is 0.0195 e. The molecule has 0 spiro atoms. The monoisotopic (exact) mass is 253 g/mol. The molecule has 3 heteroatoms. The molecule has 18 heavy (non-hydrogen) atoms. The lowest BCUT2D eigenvalue weighted by atomic mass is 9.76. The molecule has 2 heterocycles. The van der Waals surface area contributed by atoms with Crippen LogP contribution in [-0.4, -0.2) is 61.7 Å². The van der Waals surface area contributed by atoms with Crippen LogP contribution in [0.4, 0.5) is 0 Å². The minimum absolute atomic E-state index is 0.522. The molecule has 3 nitrogen and oxygen atoms in total. The van der Waals surface area contributed by atoms with Crippen LogP contribution in [0.2, 0.25) is 0 Å². The van der Waals surface area contributed by atoms with Crippen molar-refractivity contribution in [2.45, 2.75) is 40.2 Å². The van der Waals surface area contributed by atoms with E-state index in [0.717, 1.165) is 12.0 Å². The molecule has 2 unspecified atom stereocenters. The van der Waals surface area contributed by atoms with Gasteiger partial charge in [0.2, 0.25) is 0 Å². The van der Waals surface area contributed by atoms with Gasteiger partial charge < -0.3 is 5.32 Å². The van der Waals surface area contributed by atoms with Crippen LogP contribution >= 0.6 is 0 Å². The Morgan fingerprint density at radius 3 is 2.61 bits per heavy atom. The van der Waals surface area contributed by atoms with Gasteiger partial charge in [-0.15, -0.1) is 0 Å². The zero-order chi connectivity index (χ0) is 13.2. The minimum atomic E-state index is 0.522. The van der Waals surface area contributed by atoms with Crippen molar-refractivity contribution >= 4 is 0 Å². The normalized spacial score (nSPS) is 35.5. The van der Waals surface area contributed by atoms with E-state index in [1.807, 2.05) is 0 Å². The highest BCUT2D eigenvalue weighted by atomic mass is 15.3. The van der Waals surface area contributed by atoms with Crippen LogP contribution in [-0.2, 0) is 0 Å². The molecule has 1 N–H and O–H groups in total. The van der Waals surface area contributed by atoms with E-state index < -0.39 is 0 Å². The van der Waals surface area contributed by atoms with Crippen molar-refractivity contribution in [1.82, 2.24) is 15.1 Å². The molecular weight excluding hydrogens is 222 g/mol. The van der Waals surface area contributed by atoms with Gasteiger partial charge in [0, 0.05) is 38.8 Å². The van der Waals surface area contributed by atoms with Crippen molar-refractivity contribution in [2.24, 2.45) is 11.3 Å². The standard InChI is InChI=1S/C15H31N3/c1-5-18-9-8-17(10-14(18)4)12-15(13(2)3)6-7-16-11-15/h13-14,16H,5-12H2,1-4H3. The topological polar surface area (TPSA) is 18.5 Å². The third kappa shape index (κ3) is 2.89. The average Bonchev–Trinajstić information content (AvgIpc) is 2.79. The van der Waals surface area contributed by atoms with Gasteiger partial charge in [-0.1, -0.05) is 20.8 Å². The summed E-state index contributed by atoms with van der Waals surface area (Å²) in [6, 6.07) is 0.724. The van der Waals surface area contributed by atoms with Gasteiger partial charge in [0.1, 0.15) is 0 Å². The highest BCUT2D eigenvalue weighted by molar-refractivity contribution is 4.94. The number of hydrogen-bond donors (Lipinski definition) is 1. The molecule has 2 aliphatic rings. The summed E-state index contributed by atoms with van der Waals surface area (Å²) in [4.78, 5) is 5.31. The highest BCUT2D eigenvalue weighted by Gasteiger charge is 2.39. The first-order valence-corrected chi connectivity index (χ1v) is 7.74. The maximum atomic E-state index is 3.58. The Morgan fingerprint density at radius 1 is 1.33 bits per heavy atom. The maximum absolute atomic E-state index is 3.58. The Morgan fingerprint density at radius 2 is 2.11 bits per heavy atom. The van der Waals surface area contributed by atoms with Gasteiger partial charge in [0.25, 0.3) is 0 Å². The third-order valence-electron chi connectivity index (χ3n) is 5.30. The molecule has 2 rings (SSSR count). The molecule has 0 aromatic rings. The summed E-state index contributed by atoms with van der Waals surface area (Å²) in [7, 11) is 0. The van der Waals surface area contributed by atoms with E-state index in [-0.39, 0.29) is 0 Å². The number of nitrogens with one attached hydrogen (secondary N) is 1. The first-order valence-electron chi connectivity index (χ1n) is 7.74. The molecule has 0 amide bonds. The summed E-state index contributed by atoms with van der Waals surface area (Å²) in [6.45, 7) is 18.1. The second-order valence-corrected chi connectivity index (χ2v) is 6.66. The summed E-state index contributed by atoms with van der Waals surface area (Å²) >= 11 is 0. The molecular formula is C15H31N3. The van der Waals surface area contributed by atoms with Gasteiger partial charge in [-0.2, -0.15) is 0 Å². The molecule has 2 aliphatic heterocycles. The molecule has 2 fully saturated rings. The number of hydrogen-bond acceptors (Lipinski definition) is 3. The molecule has 106 valence electrons. The lowest BCUT2D eigenvalue weighted by molar-refractivity contribution is 0.0433. The van der Waals surface area contributed by atoms with Crippen molar-refractivity contribution in [3.8, 4) is 0 Å². The van der Waals surface area contributed by atoms with E-state index in [4.69, 9.17) is 0 Å². The fourth-order valence-corrected chi connectivity index (χ4v) is 3.70. The Labute approximate surface area is 113 Å². The van der Waals surface area contributed by atoms with Crippen LogP contribution in [0, 0.1) is 11.3 Å². The Hall–Kier alpha value is -0.120. The van der Waals surface area contributed by atoms with Crippen LogP contribution in [0.15, 0.2) is 0 Å². The first kappa shape index (κ1) is 14.3.